The van der Waals surface area contributed by atoms with Crippen molar-refractivity contribution in [3.63, 3.8) is 0 Å². The van der Waals surface area contributed by atoms with E-state index in [4.69, 9.17) is 4.74 Å². The summed E-state index contributed by atoms with van der Waals surface area (Å²) >= 11 is 0. The smallest absolute Gasteiger partial charge is 0.253 e. The first-order valence-electron chi connectivity index (χ1n) is 9.29. The number of rotatable bonds is 3. The number of benzene rings is 1. The average molecular weight is 344 g/mol. The third-order valence-electron chi connectivity index (χ3n) is 5.29. The third kappa shape index (κ3) is 4.21. The highest BCUT2D eigenvalue weighted by Gasteiger charge is 2.34. The van der Waals surface area contributed by atoms with E-state index in [2.05, 4.69) is 0 Å². The largest absolute Gasteiger partial charge is 0.381 e. The molecule has 5 nitrogen and oxygen atoms in total. The Balaban J connectivity index is 1.72. The summed E-state index contributed by atoms with van der Waals surface area (Å²) in [6, 6.07) is 8.09. The van der Waals surface area contributed by atoms with Crippen molar-refractivity contribution >= 4 is 11.8 Å². The Labute approximate surface area is 149 Å². The van der Waals surface area contributed by atoms with Gasteiger partial charge in [-0.1, -0.05) is 17.7 Å². The first kappa shape index (κ1) is 17.9. The summed E-state index contributed by atoms with van der Waals surface area (Å²) in [5.74, 6) is 0.186. The molecule has 1 atom stereocenters. The van der Waals surface area contributed by atoms with Gasteiger partial charge >= 0.3 is 0 Å². The molecule has 0 aliphatic carbocycles. The van der Waals surface area contributed by atoms with Crippen molar-refractivity contribution in [3.05, 3.63) is 35.4 Å². The van der Waals surface area contributed by atoms with Crippen molar-refractivity contribution in [2.75, 3.05) is 26.3 Å². The number of amides is 2. The van der Waals surface area contributed by atoms with Gasteiger partial charge in [-0.15, -0.1) is 0 Å². The van der Waals surface area contributed by atoms with Crippen LogP contribution in [0.25, 0.3) is 0 Å². The van der Waals surface area contributed by atoms with Crippen molar-refractivity contribution in [3.8, 4) is 0 Å². The number of carbonyl (C=O) groups is 2. The van der Waals surface area contributed by atoms with Crippen LogP contribution in [0.3, 0.4) is 0 Å². The molecule has 0 spiro atoms. The summed E-state index contributed by atoms with van der Waals surface area (Å²) in [6.07, 6.45) is 3.69. The SMILES string of the molecule is CC(=O)N(C1CCOCC1)C1CCCN(C(=O)c2cccc(C)c2)C1. The van der Waals surface area contributed by atoms with Crippen LogP contribution in [0.4, 0.5) is 0 Å². The first-order valence-corrected chi connectivity index (χ1v) is 9.29. The summed E-state index contributed by atoms with van der Waals surface area (Å²) in [4.78, 5) is 29.1. The molecule has 0 aromatic heterocycles. The molecule has 136 valence electrons. The summed E-state index contributed by atoms with van der Waals surface area (Å²) in [5.41, 5.74) is 1.83. The number of nitrogens with zero attached hydrogens (tertiary/aromatic N) is 2. The minimum Gasteiger partial charge on any atom is -0.381 e. The van der Waals surface area contributed by atoms with Crippen molar-refractivity contribution in [2.45, 2.75) is 51.6 Å². The summed E-state index contributed by atoms with van der Waals surface area (Å²) in [7, 11) is 0. The first-order chi connectivity index (χ1) is 12.1. The fourth-order valence-corrected chi connectivity index (χ4v) is 4.10. The number of likely N-dealkylation sites (tertiary alicyclic amines) is 1. The molecule has 0 radical (unpaired) electrons. The monoisotopic (exact) mass is 344 g/mol. The number of carbonyl (C=O) groups excluding carboxylic acids is 2. The zero-order valence-corrected chi connectivity index (χ0v) is 15.2. The number of hydrogen-bond donors (Lipinski definition) is 0. The molecule has 2 saturated heterocycles. The maximum atomic E-state index is 12.9. The molecule has 1 aromatic rings. The van der Waals surface area contributed by atoms with Gasteiger partial charge in [0.15, 0.2) is 0 Å². The minimum atomic E-state index is 0.0730. The summed E-state index contributed by atoms with van der Waals surface area (Å²) in [6.45, 7) is 6.47. The maximum absolute atomic E-state index is 12.9. The van der Waals surface area contributed by atoms with E-state index in [0.717, 1.165) is 43.4 Å². The molecule has 2 amide bonds. The second kappa shape index (κ2) is 8.00. The lowest BCUT2D eigenvalue weighted by Crippen LogP contribution is -2.55. The van der Waals surface area contributed by atoms with E-state index in [0.29, 0.717) is 19.8 Å². The van der Waals surface area contributed by atoms with Gasteiger partial charge in [-0.05, 0) is 44.7 Å². The molecule has 2 fully saturated rings. The molecule has 1 unspecified atom stereocenters. The lowest BCUT2D eigenvalue weighted by Gasteiger charge is -2.44. The highest BCUT2D eigenvalue weighted by atomic mass is 16.5. The Morgan fingerprint density at radius 3 is 2.60 bits per heavy atom. The zero-order valence-electron chi connectivity index (χ0n) is 15.2. The third-order valence-corrected chi connectivity index (χ3v) is 5.29. The molecule has 3 rings (SSSR count). The Morgan fingerprint density at radius 2 is 1.92 bits per heavy atom. The fraction of sp³-hybridized carbons (Fsp3) is 0.600. The van der Waals surface area contributed by atoms with Crippen molar-refractivity contribution in [1.29, 1.82) is 0 Å². The fourth-order valence-electron chi connectivity index (χ4n) is 4.10. The van der Waals surface area contributed by atoms with Crippen molar-refractivity contribution in [1.82, 2.24) is 9.80 Å². The van der Waals surface area contributed by atoms with Gasteiger partial charge in [0.05, 0.1) is 0 Å². The molecule has 0 saturated carbocycles. The van der Waals surface area contributed by atoms with Crippen LogP contribution in [0, 0.1) is 6.92 Å². The van der Waals surface area contributed by atoms with E-state index in [1.165, 1.54) is 0 Å². The molecule has 0 N–H and O–H groups in total. The van der Waals surface area contributed by atoms with Crippen LogP contribution in [-0.2, 0) is 9.53 Å². The highest BCUT2D eigenvalue weighted by molar-refractivity contribution is 5.94. The number of hydrogen-bond acceptors (Lipinski definition) is 3. The number of piperidine rings is 1. The van der Waals surface area contributed by atoms with E-state index in [-0.39, 0.29) is 23.9 Å². The van der Waals surface area contributed by atoms with Crippen LogP contribution >= 0.6 is 0 Å². The Kier molecular flexibility index (Phi) is 5.74. The Hall–Kier alpha value is -1.88. The molecule has 2 aliphatic rings. The van der Waals surface area contributed by atoms with E-state index in [1.54, 1.807) is 6.92 Å². The van der Waals surface area contributed by atoms with E-state index < -0.39 is 0 Å². The van der Waals surface area contributed by atoms with Crippen LogP contribution in [0.2, 0.25) is 0 Å². The predicted octanol–water partition coefficient (Wildman–Crippen LogP) is 2.63. The molecular weight excluding hydrogens is 316 g/mol. The van der Waals surface area contributed by atoms with Gasteiger partial charge in [0.25, 0.3) is 5.91 Å². The lowest BCUT2D eigenvalue weighted by molar-refractivity contribution is -0.137. The highest BCUT2D eigenvalue weighted by Crippen LogP contribution is 2.24. The molecule has 2 heterocycles. The zero-order chi connectivity index (χ0) is 17.8. The topological polar surface area (TPSA) is 49.9 Å². The van der Waals surface area contributed by atoms with Crippen LogP contribution in [0.5, 0.6) is 0 Å². The standard InChI is InChI=1S/C20H28N2O3/c1-15-5-3-6-17(13-15)20(24)21-10-4-7-19(14-21)22(16(2)23)18-8-11-25-12-9-18/h3,5-6,13,18-19H,4,7-12,14H2,1-2H3. The van der Waals surface area contributed by atoms with Crippen molar-refractivity contribution in [2.24, 2.45) is 0 Å². The van der Waals surface area contributed by atoms with Crippen LogP contribution in [0.15, 0.2) is 24.3 Å². The quantitative estimate of drug-likeness (QED) is 0.847. The lowest BCUT2D eigenvalue weighted by atomic mass is 9.98. The number of aryl methyl sites for hydroxylation is 1. The molecule has 5 heteroatoms. The van der Waals surface area contributed by atoms with Gasteiger partial charge in [-0.3, -0.25) is 9.59 Å². The second-order valence-electron chi connectivity index (χ2n) is 7.19. The molecule has 0 bridgehead atoms. The molecule has 1 aromatic carbocycles. The Bertz CT molecular complexity index is 625. The van der Waals surface area contributed by atoms with Crippen LogP contribution in [-0.4, -0.2) is 60.0 Å². The van der Waals surface area contributed by atoms with E-state index in [1.807, 2.05) is 41.0 Å². The Morgan fingerprint density at radius 1 is 1.16 bits per heavy atom. The van der Waals surface area contributed by atoms with Gasteiger partial charge in [0.1, 0.15) is 0 Å². The summed E-state index contributed by atoms with van der Waals surface area (Å²) < 4.78 is 5.44. The number of ether oxygens (including phenoxy) is 1. The van der Waals surface area contributed by atoms with Gasteiger partial charge in [0.2, 0.25) is 5.91 Å². The van der Waals surface area contributed by atoms with E-state index >= 15 is 0 Å². The average Bonchev–Trinajstić information content (AvgIpc) is 2.62. The van der Waals surface area contributed by atoms with Gasteiger partial charge in [-0.25, -0.2) is 0 Å². The van der Waals surface area contributed by atoms with Crippen molar-refractivity contribution < 1.29 is 14.3 Å². The van der Waals surface area contributed by atoms with E-state index in [9.17, 15) is 9.59 Å². The van der Waals surface area contributed by atoms with Crippen LogP contribution < -0.4 is 0 Å². The van der Waals surface area contributed by atoms with Gasteiger partial charge in [-0.2, -0.15) is 0 Å². The molecular formula is C20H28N2O3. The molecule has 2 aliphatic heterocycles. The predicted molar refractivity (Wildman–Crippen MR) is 96.5 cm³/mol. The van der Waals surface area contributed by atoms with Gasteiger partial charge in [0, 0.05) is 50.9 Å². The van der Waals surface area contributed by atoms with Crippen LogP contribution in [0.1, 0.15) is 48.5 Å². The normalized spacial score (nSPS) is 21.8. The summed E-state index contributed by atoms with van der Waals surface area (Å²) in [5, 5.41) is 0. The molecule has 25 heavy (non-hydrogen) atoms. The minimum absolute atomic E-state index is 0.0730. The maximum Gasteiger partial charge on any atom is 0.253 e. The second-order valence-corrected chi connectivity index (χ2v) is 7.19. The van der Waals surface area contributed by atoms with Gasteiger partial charge < -0.3 is 14.5 Å².